The van der Waals surface area contributed by atoms with Gasteiger partial charge in [0.05, 0.1) is 31.1 Å². The molecular weight excluding hydrogens is 420 g/mol. The molecule has 2 aliphatic heterocycles. The maximum Gasteiger partial charge on any atom is 0.252 e. The number of carbonyl (C=O) groups is 1. The molecule has 158 valence electrons. The summed E-state index contributed by atoms with van der Waals surface area (Å²) in [5.41, 5.74) is 3.92. The number of thioether (sulfide) groups is 1. The lowest BCUT2D eigenvalue weighted by atomic mass is 10.1. The molecule has 1 amide bonds. The Balaban J connectivity index is 1.63. The quantitative estimate of drug-likeness (QED) is 0.721. The SMILES string of the molecule is COc1ccc(CC(=O)N=C2S[C@@H]3CS(=O)(=O)C[C@@H]3N2c2cc(C)cc(C)c2)cc1. The minimum atomic E-state index is -3.09. The molecule has 2 fully saturated rings. The summed E-state index contributed by atoms with van der Waals surface area (Å²) in [5, 5.41) is 0.478. The Morgan fingerprint density at radius 3 is 2.43 bits per heavy atom. The van der Waals surface area contributed by atoms with Gasteiger partial charge in [-0.25, -0.2) is 8.42 Å². The van der Waals surface area contributed by atoms with Crippen molar-refractivity contribution >= 4 is 38.4 Å². The van der Waals surface area contributed by atoms with Gasteiger partial charge in [0.2, 0.25) is 0 Å². The molecule has 4 rings (SSSR count). The molecule has 2 aromatic carbocycles. The zero-order chi connectivity index (χ0) is 21.5. The van der Waals surface area contributed by atoms with Crippen LogP contribution in [-0.4, -0.2) is 49.4 Å². The molecule has 0 saturated carbocycles. The average molecular weight is 445 g/mol. The fourth-order valence-electron chi connectivity index (χ4n) is 4.02. The summed E-state index contributed by atoms with van der Waals surface area (Å²) >= 11 is 1.40. The summed E-state index contributed by atoms with van der Waals surface area (Å²) in [7, 11) is -1.49. The van der Waals surface area contributed by atoms with Crippen molar-refractivity contribution in [3.8, 4) is 5.75 Å². The summed E-state index contributed by atoms with van der Waals surface area (Å²) < 4.78 is 29.6. The topological polar surface area (TPSA) is 76.0 Å². The molecule has 0 aromatic heterocycles. The molecule has 2 aliphatic rings. The van der Waals surface area contributed by atoms with Gasteiger partial charge in [-0.1, -0.05) is 30.0 Å². The van der Waals surface area contributed by atoms with Crippen molar-refractivity contribution < 1.29 is 17.9 Å². The second-order valence-electron chi connectivity index (χ2n) is 7.83. The largest absolute Gasteiger partial charge is 0.497 e. The van der Waals surface area contributed by atoms with Crippen LogP contribution >= 0.6 is 11.8 Å². The molecule has 0 aliphatic carbocycles. The van der Waals surface area contributed by atoms with Crippen molar-refractivity contribution in [1.82, 2.24) is 0 Å². The van der Waals surface area contributed by atoms with Crippen LogP contribution in [0.25, 0.3) is 0 Å². The molecule has 2 aromatic rings. The van der Waals surface area contributed by atoms with E-state index in [2.05, 4.69) is 11.1 Å². The minimum absolute atomic E-state index is 0.0867. The van der Waals surface area contributed by atoms with E-state index in [1.165, 1.54) is 11.8 Å². The zero-order valence-electron chi connectivity index (χ0n) is 17.2. The Morgan fingerprint density at radius 1 is 1.13 bits per heavy atom. The van der Waals surface area contributed by atoms with Crippen LogP contribution in [0.1, 0.15) is 16.7 Å². The van der Waals surface area contributed by atoms with Crippen LogP contribution < -0.4 is 9.64 Å². The summed E-state index contributed by atoms with van der Waals surface area (Å²) in [5.74, 6) is 0.692. The minimum Gasteiger partial charge on any atom is -0.497 e. The zero-order valence-corrected chi connectivity index (χ0v) is 18.8. The molecule has 0 N–H and O–H groups in total. The standard InChI is InChI=1S/C22H24N2O4S2/c1-14-8-15(2)10-17(9-14)24-19-12-30(26,27)13-20(19)29-22(24)23-21(25)11-16-4-6-18(28-3)7-5-16/h4-10,19-20H,11-13H2,1-3H3/t19-,20+/m0/s1. The van der Waals surface area contributed by atoms with Crippen LogP contribution in [-0.2, 0) is 21.1 Å². The lowest BCUT2D eigenvalue weighted by molar-refractivity contribution is -0.117. The average Bonchev–Trinajstić information content (AvgIpc) is 3.12. The Bertz CT molecular complexity index is 1090. The van der Waals surface area contributed by atoms with Crippen molar-refractivity contribution in [1.29, 1.82) is 0 Å². The lowest BCUT2D eigenvalue weighted by Crippen LogP contribution is -2.37. The Kier molecular flexibility index (Phi) is 5.63. The van der Waals surface area contributed by atoms with Gasteiger partial charge >= 0.3 is 0 Å². The van der Waals surface area contributed by atoms with Gasteiger partial charge in [-0.2, -0.15) is 4.99 Å². The summed E-state index contributed by atoms with van der Waals surface area (Å²) in [6.45, 7) is 4.02. The highest BCUT2D eigenvalue weighted by atomic mass is 32.2. The number of benzene rings is 2. The van der Waals surface area contributed by atoms with Crippen LogP contribution in [0.4, 0.5) is 5.69 Å². The van der Waals surface area contributed by atoms with E-state index in [0.717, 1.165) is 28.1 Å². The number of aliphatic imine (C=N–C) groups is 1. The highest BCUT2D eigenvalue weighted by Gasteiger charge is 2.49. The molecule has 0 radical (unpaired) electrons. The maximum atomic E-state index is 12.7. The van der Waals surface area contributed by atoms with Gasteiger partial charge in [-0.3, -0.25) is 4.79 Å². The number of anilines is 1. The van der Waals surface area contributed by atoms with E-state index in [1.807, 2.05) is 55.1 Å². The molecule has 8 heteroatoms. The van der Waals surface area contributed by atoms with E-state index >= 15 is 0 Å². The predicted molar refractivity (Wildman–Crippen MR) is 121 cm³/mol. The summed E-state index contributed by atoms with van der Waals surface area (Å²) in [4.78, 5) is 19.1. The monoisotopic (exact) mass is 444 g/mol. The second kappa shape index (κ2) is 8.07. The molecular formula is C22H24N2O4S2. The third-order valence-electron chi connectivity index (χ3n) is 5.29. The van der Waals surface area contributed by atoms with Crippen LogP contribution in [0.5, 0.6) is 5.75 Å². The van der Waals surface area contributed by atoms with Crippen molar-refractivity contribution in [3.05, 3.63) is 59.2 Å². The third kappa shape index (κ3) is 4.39. The number of fused-ring (bicyclic) bond motifs is 1. The summed E-state index contributed by atoms with van der Waals surface area (Å²) in [6.07, 6.45) is 0.183. The number of ether oxygens (including phenoxy) is 1. The van der Waals surface area contributed by atoms with Gasteiger partial charge in [0.15, 0.2) is 15.0 Å². The van der Waals surface area contributed by atoms with Crippen molar-refractivity contribution in [2.75, 3.05) is 23.5 Å². The normalized spacial score (nSPS) is 23.6. The first kappa shape index (κ1) is 20.9. The van der Waals surface area contributed by atoms with Gasteiger partial charge in [-0.05, 0) is 54.8 Å². The van der Waals surface area contributed by atoms with E-state index in [1.54, 1.807) is 7.11 Å². The first-order valence-corrected chi connectivity index (χ1v) is 12.4. The van der Waals surface area contributed by atoms with Crippen molar-refractivity contribution in [2.45, 2.75) is 31.6 Å². The number of nitrogens with zero attached hydrogens (tertiary/aromatic N) is 2. The fourth-order valence-corrected chi connectivity index (χ4v) is 7.95. The lowest BCUT2D eigenvalue weighted by Gasteiger charge is -2.25. The van der Waals surface area contributed by atoms with Gasteiger partial charge in [0.1, 0.15) is 5.75 Å². The number of hydrogen-bond donors (Lipinski definition) is 0. The number of sulfone groups is 1. The van der Waals surface area contributed by atoms with E-state index in [-0.39, 0.29) is 35.1 Å². The Morgan fingerprint density at radius 2 is 1.80 bits per heavy atom. The van der Waals surface area contributed by atoms with Crippen LogP contribution in [0.2, 0.25) is 0 Å². The molecule has 2 saturated heterocycles. The highest BCUT2D eigenvalue weighted by Crippen LogP contribution is 2.41. The van der Waals surface area contributed by atoms with Gasteiger partial charge in [0, 0.05) is 10.9 Å². The Labute approximate surface area is 181 Å². The number of carbonyl (C=O) groups excluding carboxylic acids is 1. The number of amides is 1. The van der Waals surface area contributed by atoms with E-state index in [4.69, 9.17) is 4.74 Å². The highest BCUT2D eigenvalue weighted by molar-refractivity contribution is 8.16. The summed E-state index contributed by atoms with van der Waals surface area (Å²) in [6, 6.07) is 13.2. The van der Waals surface area contributed by atoms with E-state index in [0.29, 0.717) is 5.17 Å². The molecule has 30 heavy (non-hydrogen) atoms. The molecule has 0 unspecified atom stereocenters. The predicted octanol–water partition coefficient (Wildman–Crippen LogP) is 3.16. The third-order valence-corrected chi connectivity index (χ3v) is 8.50. The van der Waals surface area contributed by atoms with Gasteiger partial charge in [-0.15, -0.1) is 0 Å². The number of rotatable bonds is 4. The molecule has 0 bridgehead atoms. The molecule has 0 spiro atoms. The number of methoxy groups -OCH3 is 1. The number of amidine groups is 1. The first-order valence-electron chi connectivity index (χ1n) is 9.73. The van der Waals surface area contributed by atoms with Crippen LogP contribution in [0, 0.1) is 13.8 Å². The second-order valence-corrected chi connectivity index (χ2v) is 11.2. The van der Waals surface area contributed by atoms with E-state index in [9.17, 15) is 13.2 Å². The van der Waals surface area contributed by atoms with Crippen LogP contribution in [0.15, 0.2) is 47.5 Å². The van der Waals surface area contributed by atoms with Crippen molar-refractivity contribution in [3.63, 3.8) is 0 Å². The smallest absolute Gasteiger partial charge is 0.252 e. The Hall–Kier alpha value is -2.32. The molecule has 6 nitrogen and oxygen atoms in total. The van der Waals surface area contributed by atoms with Crippen molar-refractivity contribution in [2.24, 2.45) is 4.99 Å². The first-order chi connectivity index (χ1) is 14.2. The van der Waals surface area contributed by atoms with Crippen LogP contribution in [0.3, 0.4) is 0 Å². The van der Waals surface area contributed by atoms with E-state index < -0.39 is 9.84 Å². The molecule has 2 heterocycles. The number of aryl methyl sites for hydroxylation is 2. The van der Waals surface area contributed by atoms with Gasteiger partial charge in [0.25, 0.3) is 5.91 Å². The molecule has 2 atom stereocenters. The van der Waals surface area contributed by atoms with Gasteiger partial charge < -0.3 is 9.64 Å². The maximum absolute atomic E-state index is 12.7. The number of hydrogen-bond acceptors (Lipinski definition) is 5. The fraction of sp³-hybridized carbons (Fsp3) is 0.364.